The lowest BCUT2D eigenvalue weighted by atomic mass is 9.57. The first-order valence-electron chi connectivity index (χ1n) is 20.0. The van der Waals surface area contributed by atoms with Gasteiger partial charge in [0.25, 0.3) is 5.79 Å². The quantitative estimate of drug-likeness (QED) is 0.115. The predicted molar refractivity (Wildman–Crippen MR) is 182 cm³/mol. The monoisotopic (exact) mass is 782 g/mol. The topological polar surface area (TPSA) is 92.3 Å². The average molecular weight is 783 g/mol. The van der Waals surface area contributed by atoms with E-state index >= 15 is 17.6 Å². The van der Waals surface area contributed by atoms with Crippen LogP contribution in [0.15, 0.2) is 0 Å². The molecule has 8 heterocycles. The Morgan fingerprint density at radius 3 is 1.66 bits per heavy atom. The summed E-state index contributed by atoms with van der Waals surface area (Å²) in [6.45, 7) is 10.7. The zero-order valence-corrected chi connectivity index (χ0v) is 32.7. The van der Waals surface area contributed by atoms with Crippen LogP contribution in [0.3, 0.4) is 0 Å². The van der Waals surface area contributed by atoms with Gasteiger partial charge < -0.3 is 28.4 Å². The van der Waals surface area contributed by atoms with Gasteiger partial charge >= 0.3 is 6.18 Å². The Morgan fingerprint density at radius 1 is 0.623 bits per heavy atom. The second kappa shape index (κ2) is 13.9. The van der Waals surface area contributed by atoms with E-state index in [2.05, 4.69) is 13.8 Å². The number of rotatable bonds is 11. The molecule has 0 aromatic carbocycles. The van der Waals surface area contributed by atoms with Gasteiger partial charge in [-0.25, -0.2) is 23.9 Å². The average Bonchev–Trinajstić information content (AvgIpc) is 3.49. The van der Waals surface area contributed by atoms with Gasteiger partial charge in [-0.3, -0.25) is 0 Å². The van der Waals surface area contributed by atoms with Crippen LogP contribution in [-0.2, 0) is 48.0 Å². The third-order valence-corrected chi connectivity index (χ3v) is 15.9. The summed E-state index contributed by atoms with van der Waals surface area (Å²) >= 11 is 1.59. The maximum atomic E-state index is 15.1. The van der Waals surface area contributed by atoms with Gasteiger partial charge in [-0.1, -0.05) is 27.7 Å². The third-order valence-electron chi connectivity index (χ3n) is 14.8. The van der Waals surface area contributed by atoms with Crippen molar-refractivity contribution in [3.8, 4) is 0 Å². The van der Waals surface area contributed by atoms with Crippen LogP contribution >= 0.6 is 11.8 Å². The van der Waals surface area contributed by atoms with Gasteiger partial charge in [0.15, 0.2) is 23.8 Å². The summed E-state index contributed by atoms with van der Waals surface area (Å²) < 4.78 is 97.5. The van der Waals surface area contributed by atoms with E-state index in [1.165, 1.54) is 0 Å². The molecule has 0 aromatic heterocycles. The van der Waals surface area contributed by atoms with Crippen molar-refractivity contribution in [2.24, 2.45) is 47.3 Å². The molecule has 10 fully saturated rings. The smallest absolute Gasteiger partial charge is 0.347 e. The predicted octanol–water partition coefficient (Wildman–Crippen LogP) is 8.22. The highest BCUT2D eigenvalue weighted by Gasteiger charge is 2.77. The zero-order chi connectivity index (χ0) is 37.7. The van der Waals surface area contributed by atoms with Crippen molar-refractivity contribution in [1.82, 2.24) is 0 Å². The summed E-state index contributed by atoms with van der Waals surface area (Å²) in [4.78, 5) is 23.9. The second-order valence-corrected chi connectivity index (χ2v) is 19.0. The summed E-state index contributed by atoms with van der Waals surface area (Å²) in [7, 11) is 0. The minimum Gasteiger partial charge on any atom is -0.347 e. The van der Waals surface area contributed by atoms with Gasteiger partial charge in [0.2, 0.25) is 17.4 Å². The second-order valence-electron chi connectivity index (χ2n) is 17.8. The lowest BCUT2D eigenvalue weighted by molar-refractivity contribution is -0.598. The standard InChI is InChI=1S/C38H58F4O10S/c1-22-9-11-28-24(3)34(21-39,47-30-35(28)26(22)13-15-32(5,45-30)49-51-35)43-17-7-19-53-20-8-18-44-37(38(40,41)42)25(4)29-12-10-23(2)27-14-16-33(6)46-31(48-37)36(27,29)52-50-33/h22-31H,7-21H2,1-6H3/t22-,23-,24-,25-,26+,27+,28+,29+,30+,31+,32+,33+,34+,35-,36-,37-/m1/s1. The molecule has 2 saturated carbocycles. The molecule has 4 bridgehead atoms. The fourth-order valence-electron chi connectivity index (χ4n) is 11.7. The summed E-state index contributed by atoms with van der Waals surface area (Å²) in [5, 5.41) is 0. The molecule has 53 heavy (non-hydrogen) atoms. The molecule has 0 unspecified atom stereocenters. The highest BCUT2D eigenvalue weighted by molar-refractivity contribution is 7.99. The molecule has 8 aliphatic heterocycles. The molecular weight excluding hydrogens is 724 g/mol. The largest absolute Gasteiger partial charge is 0.443 e. The van der Waals surface area contributed by atoms with Crippen molar-refractivity contribution < 1.29 is 65.5 Å². The van der Waals surface area contributed by atoms with Crippen LogP contribution in [0.4, 0.5) is 17.6 Å². The molecular formula is C38H58F4O10S. The molecule has 10 rings (SSSR count). The number of hydrogen-bond donors (Lipinski definition) is 0. The van der Waals surface area contributed by atoms with Crippen LogP contribution in [0, 0.1) is 47.3 Å². The first kappa shape index (κ1) is 39.5. The van der Waals surface area contributed by atoms with E-state index < -0.39 is 71.6 Å². The minimum absolute atomic E-state index is 0.0512. The molecule has 2 aliphatic carbocycles. The highest BCUT2D eigenvalue weighted by atomic mass is 32.2. The summed E-state index contributed by atoms with van der Waals surface area (Å²) in [6, 6.07) is 0. The van der Waals surface area contributed by atoms with Gasteiger partial charge in [-0.15, -0.1) is 0 Å². The van der Waals surface area contributed by atoms with Gasteiger partial charge in [-0.2, -0.15) is 24.9 Å². The lowest BCUT2D eigenvalue weighted by Gasteiger charge is -2.62. The van der Waals surface area contributed by atoms with Gasteiger partial charge in [0, 0.05) is 36.5 Å². The number of fused-ring (bicyclic) bond motifs is 4. The summed E-state index contributed by atoms with van der Waals surface area (Å²) in [6.07, 6.45) is 0.0701. The van der Waals surface area contributed by atoms with E-state index in [9.17, 15) is 0 Å². The van der Waals surface area contributed by atoms with Crippen molar-refractivity contribution in [3.05, 3.63) is 0 Å². The number of hydrogen-bond acceptors (Lipinski definition) is 11. The first-order valence-corrected chi connectivity index (χ1v) is 21.2. The van der Waals surface area contributed by atoms with Crippen molar-refractivity contribution in [2.75, 3.05) is 31.4 Å². The fourth-order valence-corrected chi connectivity index (χ4v) is 12.6. The molecule has 10 aliphatic rings. The molecule has 0 radical (unpaired) electrons. The Labute approximate surface area is 314 Å². The van der Waals surface area contributed by atoms with Gasteiger partial charge in [0.1, 0.15) is 6.67 Å². The van der Waals surface area contributed by atoms with Crippen molar-refractivity contribution in [1.29, 1.82) is 0 Å². The maximum Gasteiger partial charge on any atom is 0.443 e. The van der Waals surface area contributed by atoms with Crippen LogP contribution in [0.1, 0.15) is 106 Å². The first-order chi connectivity index (χ1) is 25.1. The lowest BCUT2D eigenvalue weighted by Crippen LogP contribution is -2.76. The van der Waals surface area contributed by atoms with E-state index in [1.807, 2.05) is 13.8 Å². The minimum atomic E-state index is -4.80. The number of halogens is 4. The third kappa shape index (κ3) is 6.01. The van der Waals surface area contributed by atoms with E-state index in [-0.39, 0.29) is 42.8 Å². The molecule has 0 aromatic rings. The van der Waals surface area contributed by atoms with Crippen LogP contribution < -0.4 is 0 Å². The number of alkyl halides is 4. The van der Waals surface area contributed by atoms with E-state index in [0.29, 0.717) is 49.5 Å². The summed E-state index contributed by atoms with van der Waals surface area (Å²) in [5.41, 5.74) is -1.93. The van der Waals surface area contributed by atoms with Crippen molar-refractivity contribution >= 4 is 11.8 Å². The Hall–Kier alpha value is -0.330. The van der Waals surface area contributed by atoms with Crippen LogP contribution in [0.25, 0.3) is 0 Å². The van der Waals surface area contributed by atoms with Crippen molar-refractivity contribution in [3.63, 3.8) is 0 Å². The summed E-state index contributed by atoms with van der Waals surface area (Å²) in [5.74, 6) is -6.40. The Balaban J connectivity index is 0.849. The van der Waals surface area contributed by atoms with E-state index in [4.69, 9.17) is 48.0 Å². The SMILES string of the molecule is C[C@@H]1CC[C@H]2[C@@H](C)[C@@](CF)(OCCCSCCCO[C@@]3(C(F)(F)F)O[C@@H]4O[C@]5(C)CC[C@H]6[C@H](C)CC[C@@H]([C@H]3C)[C@@]46OO5)O[C@@H]3O[C@]4(C)CC[C@@H]1[C@]32OO4. The molecule has 15 heteroatoms. The maximum absolute atomic E-state index is 15.1. The highest BCUT2D eigenvalue weighted by Crippen LogP contribution is 2.65. The Bertz CT molecular complexity index is 1350. The number of thioether (sulfide) groups is 1. The van der Waals surface area contributed by atoms with Crippen molar-refractivity contribution in [2.45, 2.75) is 159 Å². The van der Waals surface area contributed by atoms with Gasteiger partial charge in [0.05, 0.1) is 13.2 Å². The van der Waals surface area contributed by atoms with Crippen LogP contribution in [-0.4, -0.2) is 84.5 Å². The molecule has 0 N–H and O–H groups in total. The fraction of sp³-hybridized carbons (Fsp3) is 1.00. The molecule has 8 saturated heterocycles. The molecule has 10 nitrogen and oxygen atoms in total. The Morgan fingerprint density at radius 2 is 1.13 bits per heavy atom. The molecule has 2 spiro atoms. The molecule has 16 atom stereocenters. The normalized spacial score (nSPS) is 53.1. The van der Waals surface area contributed by atoms with E-state index in [0.717, 1.165) is 32.1 Å². The molecule has 0 amide bonds. The Kier molecular flexibility index (Phi) is 10.4. The molecule has 304 valence electrons. The zero-order valence-electron chi connectivity index (χ0n) is 31.9. The van der Waals surface area contributed by atoms with Crippen LogP contribution in [0.5, 0.6) is 0 Å². The number of ether oxygens (including phenoxy) is 6. The van der Waals surface area contributed by atoms with E-state index in [1.54, 1.807) is 25.6 Å². The van der Waals surface area contributed by atoms with Gasteiger partial charge in [-0.05, 0) is 100 Å². The van der Waals surface area contributed by atoms with Crippen LogP contribution in [0.2, 0.25) is 0 Å².